The van der Waals surface area contributed by atoms with Gasteiger partial charge in [0.05, 0.1) is 21.9 Å². The van der Waals surface area contributed by atoms with Crippen LogP contribution in [0.15, 0.2) is 18.2 Å². The standard InChI is InChI=1S/C14H19ClN2O4/c1-14(2,3)16(8-7-13(18)19)9-10-11(15)5-4-6-12(10)17(20)21/h4-6H,7-9H2,1-3H3,(H,18,19). The van der Waals surface area contributed by atoms with Gasteiger partial charge >= 0.3 is 5.97 Å². The van der Waals surface area contributed by atoms with Crippen molar-refractivity contribution in [3.05, 3.63) is 38.9 Å². The van der Waals surface area contributed by atoms with Gasteiger partial charge in [-0.1, -0.05) is 17.7 Å². The Kier molecular flexibility index (Phi) is 5.69. The van der Waals surface area contributed by atoms with Crippen LogP contribution in [0.2, 0.25) is 5.02 Å². The van der Waals surface area contributed by atoms with Crippen LogP contribution in [0.3, 0.4) is 0 Å². The first-order valence-electron chi connectivity index (χ1n) is 6.51. The Morgan fingerprint density at radius 2 is 2.05 bits per heavy atom. The van der Waals surface area contributed by atoms with Crippen molar-refractivity contribution in [2.45, 2.75) is 39.3 Å². The second-order valence-corrected chi connectivity index (χ2v) is 6.14. The lowest BCUT2D eigenvalue weighted by atomic mass is 10.0. The lowest BCUT2D eigenvalue weighted by Gasteiger charge is -2.35. The number of hydrogen-bond donors (Lipinski definition) is 1. The molecule has 0 amide bonds. The number of nitro groups is 1. The van der Waals surface area contributed by atoms with E-state index in [2.05, 4.69) is 0 Å². The number of carboxylic acids is 1. The Hall–Kier alpha value is -1.66. The van der Waals surface area contributed by atoms with Crippen LogP contribution in [0.25, 0.3) is 0 Å². The van der Waals surface area contributed by atoms with Crippen LogP contribution in [0.4, 0.5) is 5.69 Å². The van der Waals surface area contributed by atoms with Gasteiger partial charge in [-0.15, -0.1) is 0 Å². The largest absolute Gasteiger partial charge is 0.481 e. The molecular formula is C14H19ClN2O4. The van der Waals surface area contributed by atoms with Gasteiger partial charge in [0, 0.05) is 24.7 Å². The maximum absolute atomic E-state index is 11.1. The zero-order chi connectivity index (χ0) is 16.2. The number of nitro benzene ring substituents is 1. The van der Waals surface area contributed by atoms with Crippen molar-refractivity contribution in [1.29, 1.82) is 0 Å². The first kappa shape index (κ1) is 17.4. The van der Waals surface area contributed by atoms with Crippen molar-refractivity contribution < 1.29 is 14.8 Å². The fourth-order valence-electron chi connectivity index (χ4n) is 1.95. The molecule has 0 aliphatic rings. The van der Waals surface area contributed by atoms with Crippen LogP contribution in [0.5, 0.6) is 0 Å². The Morgan fingerprint density at radius 3 is 2.52 bits per heavy atom. The van der Waals surface area contributed by atoms with Crippen LogP contribution in [-0.2, 0) is 11.3 Å². The second kappa shape index (κ2) is 6.87. The van der Waals surface area contributed by atoms with Crippen molar-refractivity contribution in [2.75, 3.05) is 6.54 Å². The van der Waals surface area contributed by atoms with E-state index >= 15 is 0 Å². The monoisotopic (exact) mass is 314 g/mol. The van der Waals surface area contributed by atoms with Crippen molar-refractivity contribution >= 4 is 23.3 Å². The minimum Gasteiger partial charge on any atom is -0.481 e. The van der Waals surface area contributed by atoms with Crippen molar-refractivity contribution in [2.24, 2.45) is 0 Å². The topological polar surface area (TPSA) is 83.7 Å². The summed E-state index contributed by atoms with van der Waals surface area (Å²) in [6.45, 7) is 6.31. The summed E-state index contributed by atoms with van der Waals surface area (Å²) < 4.78 is 0. The fourth-order valence-corrected chi connectivity index (χ4v) is 2.18. The molecule has 0 radical (unpaired) electrons. The number of carbonyl (C=O) groups is 1. The van der Waals surface area contributed by atoms with Crippen molar-refractivity contribution in [3.63, 3.8) is 0 Å². The van der Waals surface area contributed by atoms with Crippen molar-refractivity contribution in [1.82, 2.24) is 4.90 Å². The van der Waals surface area contributed by atoms with E-state index in [0.29, 0.717) is 17.1 Å². The van der Waals surface area contributed by atoms with E-state index in [4.69, 9.17) is 16.7 Å². The molecule has 0 aliphatic heterocycles. The molecule has 21 heavy (non-hydrogen) atoms. The van der Waals surface area contributed by atoms with Crippen LogP contribution in [0.1, 0.15) is 32.8 Å². The molecule has 0 fully saturated rings. The molecule has 7 heteroatoms. The summed E-state index contributed by atoms with van der Waals surface area (Å²) in [5.41, 5.74) is 0.0271. The van der Waals surface area contributed by atoms with Gasteiger partial charge < -0.3 is 5.11 Å². The van der Waals surface area contributed by atoms with Crippen LogP contribution < -0.4 is 0 Å². The van der Waals surface area contributed by atoms with Gasteiger partial charge in [-0.3, -0.25) is 19.8 Å². The summed E-state index contributed by atoms with van der Waals surface area (Å²) in [7, 11) is 0. The molecule has 0 bridgehead atoms. The molecule has 0 aromatic heterocycles. The SMILES string of the molecule is CC(C)(C)N(CCC(=O)O)Cc1c(Cl)cccc1[N+](=O)[O-]. The third-order valence-electron chi connectivity index (χ3n) is 3.18. The minimum atomic E-state index is -0.905. The van der Waals surface area contributed by atoms with E-state index in [1.165, 1.54) is 12.1 Å². The zero-order valence-electron chi connectivity index (χ0n) is 12.3. The van der Waals surface area contributed by atoms with Crippen LogP contribution in [0, 0.1) is 10.1 Å². The average Bonchev–Trinajstić information content (AvgIpc) is 2.33. The van der Waals surface area contributed by atoms with E-state index in [0.717, 1.165) is 0 Å². The highest BCUT2D eigenvalue weighted by Gasteiger charge is 2.26. The number of halogens is 1. The summed E-state index contributed by atoms with van der Waals surface area (Å²) in [6.07, 6.45) is -0.0322. The molecule has 6 nitrogen and oxygen atoms in total. The number of aliphatic carboxylic acids is 1. The summed E-state index contributed by atoms with van der Waals surface area (Å²) in [6, 6.07) is 4.53. The molecule has 0 aliphatic carbocycles. The molecule has 116 valence electrons. The van der Waals surface area contributed by atoms with Gasteiger partial charge in [-0.25, -0.2) is 0 Å². The summed E-state index contributed by atoms with van der Waals surface area (Å²) in [5, 5.41) is 20.2. The molecule has 0 spiro atoms. The summed E-state index contributed by atoms with van der Waals surface area (Å²) in [5.74, 6) is -0.905. The lowest BCUT2D eigenvalue weighted by molar-refractivity contribution is -0.385. The smallest absolute Gasteiger partial charge is 0.304 e. The fraction of sp³-hybridized carbons (Fsp3) is 0.500. The Labute approximate surface area is 128 Å². The Bertz CT molecular complexity index is 540. The molecule has 1 aromatic rings. The zero-order valence-corrected chi connectivity index (χ0v) is 13.1. The van der Waals surface area contributed by atoms with Gasteiger partial charge in [-0.05, 0) is 26.8 Å². The first-order valence-corrected chi connectivity index (χ1v) is 6.89. The molecule has 0 unspecified atom stereocenters. The maximum atomic E-state index is 11.1. The van der Waals surface area contributed by atoms with Crippen LogP contribution >= 0.6 is 11.6 Å². The molecule has 0 atom stereocenters. The average molecular weight is 315 g/mol. The summed E-state index contributed by atoms with van der Waals surface area (Å²) in [4.78, 5) is 23.3. The number of carboxylic acid groups (broad SMARTS) is 1. The molecule has 1 rings (SSSR count). The molecule has 0 saturated heterocycles. The van der Waals surface area contributed by atoms with Gasteiger partial charge in [0.1, 0.15) is 0 Å². The van der Waals surface area contributed by atoms with E-state index in [-0.39, 0.29) is 24.2 Å². The van der Waals surface area contributed by atoms with Gasteiger partial charge in [-0.2, -0.15) is 0 Å². The highest BCUT2D eigenvalue weighted by molar-refractivity contribution is 6.31. The molecule has 0 saturated carbocycles. The minimum absolute atomic E-state index is 0.0322. The Balaban J connectivity index is 3.09. The van der Waals surface area contributed by atoms with Gasteiger partial charge in [0.15, 0.2) is 0 Å². The predicted octanol–water partition coefficient (Wildman–Crippen LogP) is 3.32. The van der Waals surface area contributed by atoms with E-state index < -0.39 is 10.9 Å². The molecular weight excluding hydrogens is 296 g/mol. The molecule has 1 aromatic carbocycles. The summed E-state index contributed by atoms with van der Waals surface area (Å²) >= 11 is 6.08. The lowest BCUT2D eigenvalue weighted by Crippen LogP contribution is -2.42. The van der Waals surface area contributed by atoms with E-state index in [1.807, 2.05) is 25.7 Å². The third-order valence-corrected chi connectivity index (χ3v) is 3.54. The third kappa shape index (κ3) is 4.99. The molecule has 0 heterocycles. The van der Waals surface area contributed by atoms with E-state index in [9.17, 15) is 14.9 Å². The number of nitrogens with zero attached hydrogens (tertiary/aromatic N) is 2. The number of rotatable bonds is 6. The normalized spacial score (nSPS) is 11.7. The first-order chi connectivity index (χ1) is 9.62. The predicted molar refractivity (Wildman–Crippen MR) is 80.5 cm³/mol. The Morgan fingerprint density at radius 1 is 1.43 bits per heavy atom. The quantitative estimate of drug-likeness (QED) is 0.643. The second-order valence-electron chi connectivity index (χ2n) is 5.73. The number of hydrogen-bond acceptors (Lipinski definition) is 4. The highest BCUT2D eigenvalue weighted by Crippen LogP contribution is 2.29. The highest BCUT2D eigenvalue weighted by atomic mass is 35.5. The maximum Gasteiger partial charge on any atom is 0.304 e. The molecule has 1 N–H and O–H groups in total. The van der Waals surface area contributed by atoms with E-state index in [1.54, 1.807) is 6.07 Å². The van der Waals surface area contributed by atoms with Gasteiger partial charge in [0.25, 0.3) is 5.69 Å². The van der Waals surface area contributed by atoms with Gasteiger partial charge in [0.2, 0.25) is 0 Å². The number of benzene rings is 1. The van der Waals surface area contributed by atoms with Crippen molar-refractivity contribution in [3.8, 4) is 0 Å². The van der Waals surface area contributed by atoms with Crippen LogP contribution in [-0.4, -0.2) is 33.0 Å².